The van der Waals surface area contributed by atoms with Crippen LogP contribution in [0, 0.1) is 5.92 Å². The number of hydrogen-bond donors (Lipinski definition) is 1. The van der Waals surface area contributed by atoms with Crippen molar-refractivity contribution < 1.29 is 4.74 Å². The monoisotopic (exact) mass is 199 g/mol. The van der Waals surface area contributed by atoms with Crippen molar-refractivity contribution in [1.29, 1.82) is 0 Å². The van der Waals surface area contributed by atoms with E-state index in [0.29, 0.717) is 0 Å². The van der Waals surface area contributed by atoms with Crippen molar-refractivity contribution in [2.75, 3.05) is 19.8 Å². The first kappa shape index (κ1) is 12.0. The van der Waals surface area contributed by atoms with Crippen molar-refractivity contribution in [2.45, 2.75) is 52.0 Å². The van der Waals surface area contributed by atoms with E-state index in [2.05, 4.69) is 19.2 Å². The van der Waals surface area contributed by atoms with Gasteiger partial charge in [-0.3, -0.25) is 0 Å². The molecule has 0 spiro atoms. The zero-order valence-corrected chi connectivity index (χ0v) is 9.72. The fourth-order valence-electron chi connectivity index (χ4n) is 1.64. The number of nitrogens with one attached hydrogen (secondary N) is 1. The van der Waals surface area contributed by atoms with Crippen LogP contribution in [0.2, 0.25) is 0 Å². The molecule has 14 heavy (non-hydrogen) atoms. The standard InChI is InChI=1S/C12H25NO/c1-3-14-10-4-5-11(2)8-9-13-12-6-7-12/h11-13H,3-10H2,1-2H3. The van der Waals surface area contributed by atoms with Gasteiger partial charge in [-0.2, -0.15) is 0 Å². The van der Waals surface area contributed by atoms with Crippen molar-refractivity contribution in [3.05, 3.63) is 0 Å². The van der Waals surface area contributed by atoms with Crippen LogP contribution >= 0.6 is 0 Å². The lowest BCUT2D eigenvalue weighted by Gasteiger charge is -2.11. The highest BCUT2D eigenvalue weighted by atomic mass is 16.5. The first-order valence-electron chi connectivity index (χ1n) is 6.14. The Hall–Kier alpha value is -0.0800. The van der Waals surface area contributed by atoms with E-state index in [0.717, 1.165) is 25.2 Å². The van der Waals surface area contributed by atoms with Gasteiger partial charge in [0, 0.05) is 19.3 Å². The normalized spacial score (nSPS) is 18.4. The van der Waals surface area contributed by atoms with E-state index in [1.165, 1.54) is 38.6 Å². The number of rotatable bonds is 9. The summed E-state index contributed by atoms with van der Waals surface area (Å²) in [4.78, 5) is 0. The molecule has 0 heterocycles. The fraction of sp³-hybridized carbons (Fsp3) is 1.00. The quantitative estimate of drug-likeness (QED) is 0.576. The summed E-state index contributed by atoms with van der Waals surface area (Å²) in [5.74, 6) is 0.849. The highest BCUT2D eigenvalue weighted by Gasteiger charge is 2.19. The average molecular weight is 199 g/mol. The van der Waals surface area contributed by atoms with Gasteiger partial charge in [0.25, 0.3) is 0 Å². The Morgan fingerprint density at radius 1 is 1.36 bits per heavy atom. The summed E-state index contributed by atoms with van der Waals surface area (Å²) in [6.45, 7) is 7.42. The molecule has 1 fully saturated rings. The van der Waals surface area contributed by atoms with Crippen molar-refractivity contribution in [3.8, 4) is 0 Å². The van der Waals surface area contributed by atoms with Gasteiger partial charge >= 0.3 is 0 Å². The van der Waals surface area contributed by atoms with Crippen LogP contribution in [-0.4, -0.2) is 25.8 Å². The second-order valence-corrected chi connectivity index (χ2v) is 4.46. The molecule has 1 saturated carbocycles. The summed E-state index contributed by atoms with van der Waals surface area (Å²) in [5.41, 5.74) is 0. The maximum atomic E-state index is 5.32. The minimum atomic E-state index is 0.849. The molecule has 2 nitrogen and oxygen atoms in total. The summed E-state index contributed by atoms with van der Waals surface area (Å²) in [6.07, 6.45) is 6.66. The molecule has 1 atom stereocenters. The summed E-state index contributed by atoms with van der Waals surface area (Å²) < 4.78 is 5.32. The largest absolute Gasteiger partial charge is 0.382 e. The van der Waals surface area contributed by atoms with E-state index in [9.17, 15) is 0 Å². The number of ether oxygens (including phenoxy) is 1. The predicted octanol–water partition coefficient (Wildman–Crippen LogP) is 2.58. The predicted molar refractivity (Wildman–Crippen MR) is 60.5 cm³/mol. The summed E-state index contributed by atoms with van der Waals surface area (Å²) in [7, 11) is 0. The second-order valence-electron chi connectivity index (χ2n) is 4.46. The van der Waals surface area contributed by atoms with E-state index in [4.69, 9.17) is 4.74 Å². The van der Waals surface area contributed by atoms with Crippen molar-refractivity contribution in [2.24, 2.45) is 5.92 Å². The Morgan fingerprint density at radius 2 is 2.14 bits per heavy atom. The third-order valence-electron chi connectivity index (χ3n) is 2.84. The zero-order chi connectivity index (χ0) is 10.2. The van der Waals surface area contributed by atoms with Crippen LogP contribution in [0.1, 0.15) is 46.0 Å². The molecule has 0 radical (unpaired) electrons. The van der Waals surface area contributed by atoms with Gasteiger partial charge in [-0.25, -0.2) is 0 Å². The maximum Gasteiger partial charge on any atom is 0.0465 e. The lowest BCUT2D eigenvalue weighted by Crippen LogP contribution is -2.19. The van der Waals surface area contributed by atoms with Crippen LogP contribution in [0.25, 0.3) is 0 Å². The molecule has 84 valence electrons. The summed E-state index contributed by atoms with van der Waals surface area (Å²) in [5, 5.41) is 3.56. The molecule has 0 amide bonds. The van der Waals surface area contributed by atoms with Gasteiger partial charge in [-0.1, -0.05) is 6.92 Å². The van der Waals surface area contributed by atoms with Crippen LogP contribution in [-0.2, 0) is 4.74 Å². The molecule has 0 saturated heterocycles. The van der Waals surface area contributed by atoms with Gasteiger partial charge < -0.3 is 10.1 Å². The van der Waals surface area contributed by atoms with Gasteiger partial charge in [0.2, 0.25) is 0 Å². The molecule has 1 N–H and O–H groups in total. The molecule has 0 bridgehead atoms. The van der Waals surface area contributed by atoms with Gasteiger partial charge in [0.05, 0.1) is 0 Å². The van der Waals surface area contributed by atoms with Crippen molar-refractivity contribution in [1.82, 2.24) is 5.32 Å². The van der Waals surface area contributed by atoms with E-state index in [-0.39, 0.29) is 0 Å². The van der Waals surface area contributed by atoms with Crippen molar-refractivity contribution >= 4 is 0 Å². The van der Waals surface area contributed by atoms with Crippen LogP contribution < -0.4 is 5.32 Å². The third kappa shape index (κ3) is 6.39. The van der Waals surface area contributed by atoms with Gasteiger partial charge in [-0.15, -0.1) is 0 Å². The molecule has 1 unspecified atom stereocenters. The lowest BCUT2D eigenvalue weighted by molar-refractivity contribution is 0.139. The van der Waals surface area contributed by atoms with Gasteiger partial charge in [0.15, 0.2) is 0 Å². The molecule has 0 aromatic heterocycles. The van der Waals surface area contributed by atoms with Crippen LogP contribution in [0.3, 0.4) is 0 Å². The smallest absolute Gasteiger partial charge is 0.0465 e. The molecule has 0 aromatic carbocycles. The highest BCUT2D eigenvalue weighted by molar-refractivity contribution is 4.80. The Morgan fingerprint density at radius 3 is 2.79 bits per heavy atom. The second kappa shape index (κ2) is 7.24. The molecular weight excluding hydrogens is 174 g/mol. The molecule has 2 heteroatoms. The van der Waals surface area contributed by atoms with E-state index in [1.54, 1.807) is 0 Å². The van der Waals surface area contributed by atoms with E-state index >= 15 is 0 Å². The molecule has 0 aromatic rings. The van der Waals surface area contributed by atoms with Crippen LogP contribution in [0.5, 0.6) is 0 Å². The van der Waals surface area contributed by atoms with E-state index < -0.39 is 0 Å². The number of hydrogen-bond acceptors (Lipinski definition) is 2. The zero-order valence-electron chi connectivity index (χ0n) is 9.72. The molecule has 1 rings (SSSR count). The topological polar surface area (TPSA) is 21.3 Å². The van der Waals surface area contributed by atoms with Gasteiger partial charge in [0.1, 0.15) is 0 Å². The summed E-state index contributed by atoms with van der Waals surface area (Å²) in [6, 6.07) is 0.866. The fourth-order valence-corrected chi connectivity index (χ4v) is 1.64. The minimum Gasteiger partial charge on any atom is -0.382 e. The van der Waals surface area contributed by atoms with Crippen molar-refractivity contribution in [3.63, 3.8) is 0 Å². The molecule has 0 aliphatic heterocycles. The van der Waals surface area contributed by atoms with Crippen LogP contribution in [0.15, 0.2) is 0 Å². The molecule has 1 aliphatic carbocycles. The summed E-state index contributed by atoms with van der Waals surface area (Å²) >= 11 is 0. The molecular formula is C12H25NO. The average Bonchev–Trinajstić information content (AvgIpc) is 2.96. The van der Waals surface area contributed by atoms with Gasteiger partial charge in [-0.05, 0) is 51.5 Å². The Balaban J connectivity index is 1.79. The Kier molecular flexibility index (Phi) is 6.20. The first-order valence-corrected chi connectivity index (χ1v) is 6.14. The van der Waals surface area contributed by atoms with E-state index in [1.807, 2.05) is 0 Å². The maximum absolute atomic E-state index is 5.32. The third-order valence-corrected chi connectivity index (χ3v) is 2.84. The van der Waals surface area contributed by atoms with Crippen LogP contribution in [0.4, 0.5) is 0 Å². The Bertz CT molecular complexity index is 134. The Labute approximate surface area is 88.4 Å². The molecule has 1 aliphatic rings. The SMILES string of the molecule is CCOCCCC(C)CCNC1CC1. The minimum absolute atomic E-state index is 0.849. The first-order chi connectivity index (χ1) is 6.83. The highest BCUT2D eigenvalue weighted by Crippen LogP contribution is 2.19. The lowest BCUT2D eigenvalue weighted by atomic mass is 10.0.